The van der Waals surface area contributed by atoms with Crippen molar-refractivity contribution in [3.8, 4) is 0 Å². The molecule has 0 saturated carbocycles. The number of nitrogens with one attached hydrogen (secondary N) is 1. The number of aromatic nitrogens is 3. The summed E-state index contributed by atoms with van der Waals surface area (Å²) >= 11 is 0. The van der Waals surface area contributed by atoms with Crippen LogP contribution in [0.5, 0.6) is 0 Å². The Morgan fingerprint density at radius 2 is 2.24 bits per heavy atom. The SMILES string of the molecule is CCNCCC=CCc1ncnn1CC(C)C. The number of allylic oxidation sites excluding steroid dienone is 1. The minimum absolute atomic E-state index is 0.605. The van der Waals surface area contributed by atoms with E-state index in [1.54, 1.807) is 6.33 Å². The molecule has 1 rings (SSSR count). The van der Waals surface area contributed by atoms with Crippen LogP contribution in [-0.4, -0.2) is 27.9 Å². The normalized spacial score (nSPS) is 11.8. The molecule has 4 heteroatoms. The van der Waals surface area contributed by atoms with Gasteiger partial charge in [0.05, 0.1) is 0 Å². The summed E-state index contributed by atoms with van der Waals surface area (Å²) in [4.78, 5) is 4.29. The summed E-state index contributed by atoms with van der Waals surface area (Å²) in [5, 5.41) is 7.54. The molecule has 1 heterocycles. The van der Waals surface area contributed by atoms with Crippen molar-refractivity contribution in [1.29, 1.82) is 0 Å². The second-order valence-electron chi connectivity index (χ2n) is 4.57. The predicted octanol–water partition coefficient (Wildman–Crippen LogP) is 2.03. The molecule has 0 unspecified atom stereocenters. The molecule has 1 aromatic rings. The standard InChI is InChI=1S/C13H24N4/c1-4-14-9-7-5-6-8-13-15-11-16-17(13)10-12(2)3/h5-6,11-12,14H,4,7-10H2,1-3H3. The van der Waals surface area contributed by atoms with Gasteiger partial charge < -0.3 is 5.32 Å². The molecule has 0 spiro atoms. The van der Waals surface area contributed by atoms with Gasteiger partial charge in [-0.3, -0.25) is 0 Å². The topological polar surface area (TPSA) is 42.7 Å². The molecular weight excluding hydrogens is 212 g/mol. The number of hydrogen-bond donors (Lipinski definition) is 1. The second kappa shape index (κ2) is 8.01. The van der Waals surface area contributed by atoms with Crippen LogP contribution in [0.4, 0.5) is 0 Å². The van der Waals surface area contributed by atoms with E-state index in [1.165, 1.54) is 0 Å². The first kappa shape index (κ1) is 13.9. The highest BCUT2D eigenvalue weighted by Gasteiger charge is 2.03. The molecule has 4 nitrogen and oxygen atoms in total. The average Bonchev–Trinajstić information content (AvgIpc) is 2.70. The Morgan fingerprint density at radius 3 is 2.94 bits per heavy atom. The molecule has 1 aromatic heterocycles. The van der Waals surface area contributed by atoms with Crippen LogP contribution >= 0.6 is 0 Å². The van der Waals surface area contributed by atoms with Crippen molar-refractivity contribution in [3.05, 3.63) is 24.3 Å². The molecule has 0 atom stereocenters. The molecular formula is C13H24N4. The van der Waals surface area contributed by atoms with E-state index < -0.39 is 0 Å². The molecule has 0 aromatic carbocycles. The number of nitrogens with zero attached hydrogens (tertiary/aromatic N) is 3. The maximum absolute atomic E-state index is 4.29. The molecule has 0 aliphatic rings. The van der Waals surface area contributed by atoms with E-state index in [4.69, 9.17) is 0 Å². The van der Waals surface area contributed by atoms with Crippen molar-refractivity contribution < 1.29 is 0 Å². The zero-order valence-electron chi connectivity index (χ0n) is 11.2. The van der Waals surface area contributed by atoms with Gasteiger partial charge in [0.2, 0.25) is 0 Å². The lowest BCUT2D eigenvalue weighted by molar-refractivity contribution is 0.469. The zero-order valence-corrected chi connectivity index (χ0v) is 11.2. The Balaban J connectivity index is 2.33. The fraction of sp³-hybridized carbons (Fsp3) is 0.692. The molecule has 0 radical (unpaired) electrons. The van der Waals surface area contributed by atoms with Crippen LogP contribution in [0, 0.1) is 5.92 Å². The van der Waals surface area contributed by atoms with Crippen LogP contribution in [0.3, 0.4) is 0 Å². The Kier molecular flexibility index (Phi) is 6.55. The predicted molar refractivity (Wildman–Crippen MR) is 70.9 cm³/mol. The van der Waals surface area contributed by atoms with Gasteiger partial charge in [-0.05, 0) is 25.4 Å². The summed E-state index contributed by atoms with van der Waals surface area (Å²) < 4.78 is 2.00. The summed E-state index contributed by atoms with van der Waals surface area (Å²) in [6.45, 7) is 9.54. The van der Waals surface area contributed by atoms with Gasteiger partial charge in [-0.1, -0.05) is 32.9 Å². The first-order valence-electron chi connectivity index (χ1n) is 6.46. The van der Waals surface area contributed by atoms with E-state index in [0.717, 1.165) is 38.3 Å². The van der Waals surface area contributed by atoms with Gasteiger partial charge in [-0.2, -0.15) is 5.10 Å². The smallest absolute Gasteiger partial charge is 0.138 e. The van der Waals surface area contributed by atoms with E-state index in [-0.39, 0.29) is 0 Å². The average molecular weight is 236 g/mol. The quantitative estimate of drug-likeness (QED) is 0.555. The summed E-state index contributed by atoms with van der Waals surface area (Å²) in [7, 11) is 0. The van der Waals surface area contributed by atoms with Crippen LogP contribution in [0.1, 0.15) is 33.0 Å². The van der Waals surface area contributed by atoms with Crippen LogP contribution < -0.4 is 5.32 Å². The third-order valence-corrected chi connectivity index (χ3v) is 2.44. The molecule has 96 valence electrons. The van der Waals surface area contributed by atoms with Gasteiger partial charge >= 0.3 is 0 Å². The van der Waals surface area contributed by atoms with Crippen molar-refractivity contribution in [3.63, 3.8) is 0 Å². The first-order chi connectivity index (χ1) is 8.24. The van der Waals surface area contributed by atoms with Gasteiger partial charge in [0.15, 0.2) is 0 Å². The van der Waals surface area contributed by atoms with Gasteiger partial charge in [0, 0.05) is 13.0 Å². The lowest BCUT2D eigenvalue weighted by atomic mass is 10.2. The molecule has 17 heavy (non-hydrogen) atoms. The molecule has 0 aliphatic carbocycles. The van der Waals surface area contributed by atoms with Crippen molar-refractivity contribution in [2.24, 2.45) is 5.92 Å². The maximum atomic E-state index is 4.29. The van der Waals surface area contributed by atoms with E-state index in [1.807, 2.05) is 4.68 Å². The van der Waals surface area contributed by atoms with E-state index in [0.29, 0.717) is 5.92 Å². The zero-order chi connectivity index (χ0) is 12.5. The van der Waals surface area contributed by atoms with Crippen molar-refractivity contribution in [1.82, 2.24) is 20.1 Å². The summed E-state index contributed by atoms with van der Waals surface area (Å²) in [6, 6.07) is 0. The van der Waals surface area contributed by atoms with E-state index in [2.05, 4.69) is 48.3 Å². The number of rotatable bonds is 8. The van der Waals surface area contributed by atoms with Gasteiger partial charge in [0.25, 0.3) is 0 Å². The van der Waals surface area contributed by atoms with Crippen molar-refractivity contribution in [2.75, 3.05) is 13.1 Å². The third-order valence-electron chi connectivity index (χ3n) is 2.44. The molecule has 0 amide bonds. The highest BCUT2D eigenvalue weighted by atomic mass is 15.3. The van der Waals surface area contributed by atoms with E-state index in [9.17, 15) is 0 Å². The Morgan fingerprint density at radius 1 is 1.41 bits per heavy atom. The van der Waals surface area contributed by atoms with E-state index >= 15 is 0 Å². The lowest BCUT2D eigenvalue weighted by Crippen LogP contribution is -2.13. The first-order valence-corrected chi connectivity index (χ1v) is 6.46. The Labute approximate surface area is 104 Å². The highest BCUT2D eigenvalue weighted by Crippen LogP contribution is 2.02. The molecule has 0 aliphatic heterocycles. The summed E-state index contributed by atoms with van der Waals surface area (Å²) in [5.41, 5.74) is 0. The molecule has 0 bridgehead atoms. The summed E-state index contributed by atoms with van der Waals surface area (Å²) in [6.07, 6.45) is 7.98. The molecule has 1 N–H and O–H groups in total. The van der Waals surface area contributed by atoms with Crippen LogP contribution in [0.2, 0.25) is 0 Å². The Bertz CT molecular complexity index is 328. The largest absolute Gasteiger partial charge is 0.317 e. The fourth-order valence-electron chi connectivity index (χ4n) is 1.61. The monoisotopic (exact) mass is 236 g/mol. The van der Waals surface area contributed by atoms with Crippen LogP contribution in [0.15, 0.2) is 18.5 Å². The van der Waals surface area contributed by atoms with Gasteiger partial charge in [-0.25, -0.2) is 9.67 Å². The van der Waals surface area contributed by atoms with Crippen molar-refractivity contribution >= 4 is 0 Å². The second-order valence-corrected chi connectivity index (χ2v) is 4.57. The third kappa shape index (κ3) is 5.63. The maximum Gasteiger partial charge on any atom is 0.138 e. The van der Waals surface area contributed by atoms with Crippen molar-refractivity contribution in [2.45, 2.75) is 40.2 Å². The molecule has 0 fully saturated rings. The minimum Gasteiger partial charge on any atom is -0.317 e. The van der Waals surface area contributed by atoms with Crippen LogP contribution in [-0.2, 0) is 13.0 Å². The van der Waals surface area contributed by atoms with Crippen LogP contribution in [0.25, 0.3) is 0 Å². The number of hydrogen-bond acceptors (Lipinski definition) is 3. The minimum atomic E-state index is 0.605. The molecule has 0 saturated heterocycles. The van der Waals surface area contributed by atoms with Gasteiger partial charge in [0.1, 0.15) is 12.2 Å². The highest BCUT2D eigenvalue weighted by molar-refractivity contribution is 4.96. The van der Waals surface area contributed by atoms with Gasteiger partial charge in [-0.15, -0.1) is 0 Å². The summed E-state index contributed by atoms with van der Waals surface area (Å²) in [5.74, 6) is 1.66. The lowest BCUT2D eigenvalue weighted by Gasteiger charge is -2.06. The Hall–Kier alpha value is -1.16. The fourth-order valence-corrected chi connectivity index (χ4v) is 1.61.